The Balaban J connectivity index is 2.36. The Morgan fingerprint density at radius 3 is 2.48 bits per heavy atom. The summed E-state index contributed by atoms with van der Waals surface area (Å²) in [5.74, 6) is -1.27. The minimum atomic E-state index is -1.30. The van der Waals surface area contributed by atoms with E-state index in [0.717, 1.165) is 6.07 Å². The Hall–Kier alpha value is -2.60. The predicted molar refractivity (Wildman–Crippen MR) is 75.6 cm³/mol. The molecule has 0 aliphatic heterocycles. The molecule has 1 atom stereocenters. The molecule has 0 heterocycles. The summed E-state index contributed by atoms with van der Waals surface area (Å²) in [5, 5.41) is 20.1. The van der Waals surface area contributed by atoms with Crippen LogP contribution in [-0.2, 0) is 4.79 Å². The van der Waals surface area contributed by atoms with Crippen molar-refractivity contribution in [1.82, 2.24) is 0 Å². The van der Waals surface area contributed by atoms with Crippen LogP contribution >= 0.6 is 11.6 Å². The Bertz CT molecular complexity index is 674. The molecule has 0 spiro atoms. The summed E-state index contributed by atoms with van der Waals surface area (Å²) in [6.45, 7) is 0. The Labute approximate surface area is 124 Å². The molecular weight excluding hydrogens is 298 g/mol. The van der Waals surface area contributed by atoms with E-state index < -0.39 is 17.0 Å². The maximum atomic E-state index is 11.3. The number of nitrogens with zero attached hydrogens (tertiary/aromatic N) is 1. The number of aliphatic carboxylic acids is 1. The lowest BCUT2D eigenvalue weighted by Crippen LogP contribution is -2.18. The highest BCUT2D eigenvalue weighted by Crippen LogP contribution is 2.32. The third-order valence-electron chi connectivity index (χ3n) is 2.70. The molecule has 0 saturated heterocycles. The fourth-order valence-electron chi connectivity index (χ4n) is 1.71. The van der Waals surface area contributed by atoms with Gasteiger partial charge in [0.15, 0.2) is 0 Å². The highest BCUT2D eigenvalue weighted by atomic mass is 35.5. The summed E-state index contributed by atoms with van der Waals surface area (Å²) in [6, 6.07) is 11.9. The van der Waals surface area contributed by atoms with Crippen molar-refractivity contribution in [2.75, 3.05) is 0 Å². The quantitative estimate of drug-likeness (QED) is 0.675. The van der Waals surface area contributed by atoms with Gasteiger partial charge in [-0.15, -0.1) is 0 Å². The summed E-state index contributed by atoms with van der Waals surface area (Å²) in [7, 11) is 0. The fourth-order valence-corrected chi connectivity index (χ4v) is 1.87. The molecule has 0 aliphatic rings. The van der Waals surface area contributed by atoms with E-state index in [-0.39, 0.29) is 16.5 Å². The number of halogens is 1. The van der Waals surface area contributed by atoms with Crippen molar-refractivity contribution < 1.29 is 19.6 Å². The van der Waals surface area contributed by atoms with Crippen LogP contribution in [-0.4, -0.2) is 16.0 Å². The van der Waals surface area contributed by atoms with E-state index in [4.69, 9.17) is 16.3 Å². The van der Waals surface area contributed by atoms with Crippen LogP contribution in [0, 0.1) is 10.1 Å². The van der Waals surface area contributed by atoms with Gasteiger partial charge in [-0.3, -0.25) is 10.1 Å². The van der Waals surface area contributed by atoms with E-state index in [1.165, 1.54) is 12.1 Å². The van der Waals surface area contributed by atoms with E-state index in [0.29, 0.717) is 5.56 Å². The van der Waals surface area contributed by atoms with E-state index in [2.05, 4.69) is 0 Å². The van der Waals surface area contributed by atoms with Gasteiger partial charge >= 0.3 is 5.97 Å². The highest BCUT2D eigenvalue weighted by molar-refractivity contribution is 6.32. The molecule has 0 radical (unpaired) electrons. The first-order valence-corrected chi connectivity index (χ1v) is 6.25. The van der Waals surface area contributed by atoms with E-state index in [1.807, 2.05) is 0 Å². The number of carbonyl (C=O) groups is 1. The molecule has 0 aliphatic carbocycles. The van der Waals surface area contributed by atoms with Crippen LogP contribution in [0.25, 0.3) is 0 Å². The number of carboxylic acid groups (broad SMARTS) is 1. The van der Waals surface area contributed by atoms with Gasteiger partial charge in [0.25, 0.3) is 5.69 Å². The Morgan fingerprint density at radius 2 is 1.90 bits per heavy atom. The van der Waals surface area contributed by atoms with E-state index in [9.17, 15) is 20.0 Å². The van der Waals surface area contributed by atoms with Crippen LogP contribution in [0.2, 0.25) is 5.02 Å². The molecule has 0 bridgehead atoms. The van der Waals surface area contributed by atoms with Crippen molar-refractivity contribution in [3.05, 3.63) is 69.2 Å². The first kappa shape index (κ1) is 14.8. The second-order valence-electron chi connectivity index (χ2n) is 4.12. The van der Waals surface area contributed by atoms with Crippen molar-refractivity contribution in [1.29, 1.82) is 0 Å². The fraction of sp³-hybridized carbons (Fsp3) is 0.0714. The van der Waals surface area contributed by atoms with Crippen LogP contribution in [0.4, 0.5) is 5.69 Å². The molecule has 1 unspecified atom stereocenters. The maximum Gasteiger partial charge on any atom is 0.349 e. The Kier molecular flexibility index (Phi) is 4.39. The topological polar surface area (TPSA) is 89.7 Å². The number of ether oxygens (including phenoxy) is 1. The maximum absolute atomic E-state index is 11.3. The van der Waals surface area contributed by atoms with Gasteiger partial charge in [0, 0.05) is 11.6 Å². The molecule has 2 rings (SSSR count). The first-order valence-electron chi connectivity index (χ1n) is 5.87. The van der Waals surface area contributed by atoms with Gasteiger partial charge in [-0.25, -0.2) is 4.79 Å². The zero-order chi connectivity index (χ0) is 15.4. The molecular formula is C14H10ClNO5. The molecule has 7 heteroatoms. The number of hydrogen-bond acceptors (Lipinski definition) is 4. The minimum Gasteiger partial charge on any atom is -0.478 e. The standard InChI is InChI=1S/C14H10ClNO5/c15-11-7-6-10(16(19)20)8-12(11)21-13(14(17)18)9-4-2-1-3-5-9/h1-8,13H,(H,17,18). The van der Waals surface area contributed by atoms with Gasteiger partial charge in [0.05, 0.1) is 16.0 Å². The molecule has 108 valence electrons. The van der Waals surface area contributed by atoms with Gasteiger partial charge in [-0.2, -0.15) is 0 Å². The average molecular weight is 308 g/mol. The predicted octanol–water partition coefficient (Wildman–Crippen LogP) is 3.45. The lowest BCUT2D eigenvalue weighted by Gasteiger charge is -2.16. The number of nitro groups is 1. The largest absolute Gasteiger partial charge is 0.478 e. The number of nitro benzene ring substituents is 1. The van der Waals surface area contributed by atoms with E-state index in [1.54, 1.807) is 30.3 Å². The van der Waals surface area contributed by atoms with Crippen LogP contribution in [0.3, 0.4) is 0 Å². The number of hydrogen-bond donors (Lipinski definition) is 1. The average Bonchev–Trinajstić information content (AvgIpc) is 2.46. The third kappa shape index (κ3) is 3.49. The van der Waals surface area contributed by atoms with Crippen LogP contribution in [0.5, 0.6) is 5.75 Å². The molecule has 0 fully saturated rings. The SMILES string of the molecule is O=C(O)C(Oc1cc([N+](=O)[O-])ccc1Cl)c1ccccc1. The van der Waals surface area contributed by atoms with Gasteiger partial charge < -0.3 is 9.84 Å². The van der Waals surface area contributed by atoms with Crippen molar-refractivity contribution in [2.45, 2.75) is 6.10 Å². The van der Waals surface area contributed by atoms with Crippen molar-refractivity contribution in [2.24, 2.45) is 0 Å². The van der Waals surface area contributed by atoms with Gasteiger partial charge in [-0.1, -0.05) is 41.9 Å². The molecule has 0 saturated carbocycles. The number of benzene rings is 2. The smallest absolute Gasteiger partial charge is 0.349 e. The zero-order valence-electron chi connectivity index (χ0n) is 10.6. The molecule has 6 nitrogen and oxygen atoms in total. The molecule has 0 amide bonds. The molecule has 21 heavy (non-hydrogen) atoms. The minimum absolute atomic E-state index is 0.0536. The third-order valence-corrected chi connectivity index (χ3v) is 3.01. The second-order valence-corrected chi connectivity index (χ2v) is 4.53. The Morgan fingerprint density at radius 1 is 1.24 bits per heavy atom. The van der Waals surface area contributed by atoms with Gasteiger partial charge in [0.1, 0.15) is 5.75 Å². The molecule has 2 aromatic carbocycles. The van der Waals surface area contributed by atoms with Crippen molar-refractivity contribution in [3.8, 4) is 5.75 Å². The van der Waals surface area contributed by atoms with Crippen LogP contribution in [0.1, 0.15) is 11.7 Å². The van der Waals surface area contributed by atoms with Crippen LogP contribution < -0.4 is 4.74 Å². The lowest BCUT2D eigenvalue weighted by atomic mass is 10.1. The number of non-ortho nitro benzene ring substituents is 1. The zero-order valence-corrected chi connectivity index (χ0v) is 11.4. The highest BCUT2D eigenvalue weighted by Gasteiger charge is 2.23. The van der Waals surface area contributed by atoms with Gasteiger partial charge in [0.2, 0.25) is 6.10 Å². The molecule has 1 N–H and O–H groups in total. The summed E-state index contributed by atoms with van der Waals surface area (Å²) in [6.07, 6.45) is -1.30. The van der Waals surface area contributed by atoms with Gasteiger partial charge in [-0.05, 0) is 6.07 Å². The van der Waals surface area contributed by atoms with Crippen LogP contribution in [0.15, 0.2) is 48.5 Å². The summed E-state index contributed by atoms with van der Waals surface area (Å²) in [5.41, 5.74) is 0.180. The van der Waals surface area contributed by atoms with Crippen molar-refractivity contribution in [3.63, 3.8) is 0 Å². The number of carboxylic acids is 1. The summed E-state index contributed by atoms with van der Waals surface area (Å²) >= 11 is 5.90. The monoisotopic (exact) mass is 307 g/mol. The second kappa shape index (κ2) is 6.23. The van der Waals surface area contributed by atoms with Crippen molar-refractivity contribution >= 4 is 23.3 Å². The first-order chi connectivity index (χ1) is 9.99. The molecule has 2 aromatic rings. The lowest BCUT2D eigenvalue weighted by molar-refractivity contribution is -0.385. The molecule has 0 aromatic heterocycles. The summed E-state index contributed by atoms with van der Waals surface area (Å²) in [4.78, 5) is 21.5. The number of rotatable bonds is 5. The van der Waals surface area contributed by atoms with E-state index >= 15 is 0 Å². The normalized spacial score (nSPS) is 11.7. The summed E-state index contributed by atoms with van der Waals surface area (Å²) < 4.78 is 5.35.